The van der Waals surface area contributed by atoms with Gasteiger partial charge in [0.05, 0.1) is 22.7 Å². The molecular formula is C24H30N4O3S. The Bertz CT molecular complexity index is 1210. The van der Waals surface area contributed by atoms with Crippen molar-refractivity contribution in [3.05, 3.63) is 76.6 Å². The lowest BCUT2D eigenvalue weighted by Gasteiger charge is -2.18. The zero-order valence-electron chi connectivity index (χ0n) is 19.2. The van der Waals surface area contributed by atoms with Crippen molar-refractivity contribution < 1.29 is 13.2 Å². The van der Waals surface area contributed by atoms with Crippen molar-refractivity contribution in [1.29, 1.82) is 0 Å². The molecule has 7 nitrogen and oxygen atoms in total. The van der Waals surface area contributed by atoms with Gasteiger partial charge in [0.2, 0.25) is 10.0 Å². The lowest BCUT2D eigenvalue weighted by Crippen LogP contribution is -2.30. The summed E-state index contributed by atoms with van der Waals surface area (Å²) in [6.45, 7) is 10.6. The van der Waals surface area contributed by atoms with E-state index in [0.717, 1.165) is 11.3 Å². The normalized spacial score (nSPS) is 11.7. The average Bonchev–Trinajstić information content (AvgIpc) is 3.03. The molecule has 1 amide bonds. The lowest BCUT2D eigenvalue weighted by molar-refractivity contribution is 0.102. The maximum Gasteiger partial charge on any atom is 0.259 e. The summed E-state index contributed by atoms with van der Waals surface area (Å²) in [6.07, 6.45) is 0. The van der Waals surface area contributed by atoms with Gasteiger partial charge in [-0.1, -0.05) is 49.7 Å². The second-order valence-electron chi connectivity index (χ2n) is 7.76. The van der Waals surface area contributed by atoms with Gasteiger partial charge in [-0.05, 0) is 44.5 Å². The Hall–Kier alpha value is -2.97. The molecule has 3 aromatic rings. The third-order valence-electron chi connectivity index (χ3n) is 5.50. The van der Waals surface area contributed by atoms with Crippen LogP contribution in [0, 0.1) is 20.8 Å². The van der Waals surface area contributed by atoms with E-state index in [1.807, 2.05) is 42.8 Å². The summed E-state index contributed by atoms with van der Waals surface area (Å²) >= 11 is 0. The Morgan fingerprint density at radius 1 is 1.03 bits per heavy atom. The minimum absolute atomic E-state index is 0.155. The predicted molar refractivity (Wildman–Crippen MR) is 126 cm³/mol. The number of benzene rings is 2. The van der Waals surface area contributed by atoms with Crippen LogP contribution in [-0.2, 0) is 16.6 Å². The first-order valence-electron chi connectivity index (χ1n) is 10.7. The van der Waals surface area contributed by atoms with Crippen molar-refractivity contribution >= 4 is 21.6 Å². The zero-order valence-corrected chi connectivity index (χ0v) is 20.0. The minimum Gasteiger partial charge on any atom is -0.322 e. The Morgan fingerprint density at radius 3 is 2.31 bits per heavy atom. The summed E-state index contributed by atoms with van der Waals surface area (Å²) in [5.74, 6) is -0.312. The molecule has 2 aromatic carbocycles. The molecule has 1 heterocycles. The number of aromatic nitrogens is 2. The molecule has 0 saturated heterocycles. The van der Waals surface area contributed by atoms with Crippen molar-refractivity contribution in [2.45, 2.75) is 46.1 Å². The Labute approximate surface area is 190 Å². The number of sulfonamides is 1. The summed E-state index contributed by atoms with van der Waals surface area (Å²) in [5, 5.41) is 7.38. The van der Waals surface area contributed by atoms with Crippen LogP contribution in [0.15, 0.2) is 53.4 Å². The van der Waals surface area contributed by atoms with Crippen LogP contribution in [0.2, 0.25) is 0 Å². The topological polar surface area (TPSA) is 84.3 Å². The third kappa shape index (κ3) is 4.92. The minimum atomic E-state index is -3.61. The molecule has 0 unspecified atom stereocenters. The van der Waals surface area contributed by atoms with Crippen molar-refractivity contribution in [2.75, 3.05) is 18.4 Å². The van der Waals surface area contributed by atoms with Crippen LogP contribution in [0.25, 0.3) is 0 Å². The summed E-state index contributed by atoms with van der Waals surface area (Å²) in [4.78, 5) is 13.2. The fourth-order valence-electron chi connectivity index (χ4n) is 3.69. The molecule has 0 radical (unpaired) electrons. The third-order valence-corrected chi connectivity index (χ3v) is 7.54. The summed E-state index contributed by atoms with van der Waals surface area (Å²) < 4.78 is 28.8. The van der Waals surface area contributed by atoms with E-state index in [0.29, 0.717) is 36.6 Å². The monoisotopic (exact) mass is 454 g/mol. The SMILES string of the molecule is CCN(CC)S(=O)(=O)c1cccc(NC(=O)c2c(C)nn(Cc3ccc(C)cc3)c2C)c1. The molecule has 170 valence electrons. The van der Waals surface area contributed by atoms with E-state index in [4.69, 9.17) is 0 Å². The first-order chi connectivity index (χ1) is 15.2. The van der Waals surface area contributed by atoms with Gasteiger partial charge in [-0.3, -0.25) is 9.48 Å². The number of carbonyl (C=O) groups excluding carboxylic acids is 1. The van der Waals surface area contributed by atoms with E-state index in [-0.39, 0.29) is 10.8 Å². The largest absolute Gasteiger partial charge is 0.322 e. The molecule has 0 aliphatic heterocycles. The molecule has 1 aromatic heterocycles. The molecule has 0 fully saturated rings. The molecule has 0 aliphatic carbocycles. The second kappa shape index (κ2) is 9.67. The number of aryl methyl sites for hydroxylation is 2. The lowest BCUT2D eigenvalue weighted by atomic mass is 10.1. The smallest absolute Gasteiger partial charge is 0.259 e. The zero-order chi connectivity index (χ0) is 23.5. The number of amides is 1. The second-order valence-corrected chi connectivity index (χ2v) is 9.70. The highest BCUT2D eigenvalue weighted by molar-refractivity contribution is 7.89. The number of anilines is 1. The van der Waals surface area contributed by atoms with Gasteiger partial charge in [-0.25, -0.2) is 8.42 Å². The number of hydrogen-bond acceptors (Lipinski definition) is 4. The molecule has 0 saturated carbocycles. The molecule has 8 heteroatoms. The van der Waals surface area contributed by atoms with Crippen molar-refractivity contribution in [3.8, 4) is 0 Å². The van der Waals surface area contributed by atoms with E-state index in [2.05, 4.69) is 10.4 Å². The maximum absolute atomic E-state index is 13.0. The quantitative estimate of drug-likeness (QED) is 0.554. The van der Waals surface area contributed by atoms with Gasteiger partial charge < -0.3 is 5.32 Å². The van der Waals surface area contributed by atoms with Crippen molar-refractivity contribution in [2.24, 2.45) is 0 Å². The van der Waals surface area contributed by atoms with Crippen LogP contribution in [0.1, 0.15) is 46.7 Å². The van der Waals surface area contributed by atoms with Gasteiger partial charge in [0.15, 0.2) is 0 Å². The fraction of sp³-hybridized carbons (Fsp3) is 0.333. The van der Waals surface area contributed by atoms with Crippen LogP contribution >= 0.6 is 0 Å². The number of rotatable bonds is 8. The van der Waals surface area contributed by atoms with Gasteiger partial charge in [-0.15, -0.1) is 0 Å². The first-order valence-corrected chi connectivity index (χ1v) is 12.1. The van der Waals surface area contributed by atoms with Crippen LogP contribution in [0.3, 0.4) is 0 Å². The summed E-state index contributed by atoms with van der Waals surface area (Å²) in [5.41, 5.74) is 4.59. The maximum atomic E-state index is 13.0. The van der Waals surface area contributed by atoms with E-state index < -0.39 is 10.0 Å². The Kier molecular flexibility index (Phi) is 7.16. The van der Waals surface area contributed by atoms with Gasteiger partial charge in [0.25, 0.3) is 5.91 Å². The van der Waals surface area contributed by atoms with Crippen LogP contribution in [0.5, 0.6) is 0 Å². The van der Waals surface area contributed by atoms with E-state index >= 15 is 0 Å². The van der Waals surface area contributed by atoms with E-state index in [1.54, 1.807) is 39.0 Å². The van der Waals surface area contributed by atoms with Gasteiger partial charge >= 0.3 is 0 Å². The number of hydrogen-bond donors (Lipinski definition) is 1. The molecule has 0 spiro atoms. The predicted octanol–water partition coefficient (Wildman–Crippen LogP) is 4.14. The van der Waals surface area contributed by atoms with Crippen molar-refractivity contribution in [3.63, 3.8) is 0 Å². The number of carbonyl (C=O) groups is 1. The molecule has 1 N–H and O–H groups in total. The van der Waals surface area contributed by atoms with Gasteiger partial charge in [-0.2, -0.15) is 9.40 Å². The van der Waals surface area contributed by atoms with Crippen LogP contribution in [-0.4, -0.2) is 41.5 Å². The Morgan fingerprint density at radius 2 is 1.69 bits per heavy atom. The highest BCUT2D eigenvalue weighted by atomic mass is 32.2. The standard InChI is InChI=1S/C24H30N4O3S/c1-6-27(7-2)32(30,31)22-10-8-9-21(15-22)25-24(29)23-18(4)26-28(19(23)5)16-20-13-11-17(3)12-14-20/h8-15H,6-7,16H2,1-5H3,(H,25,29). The molecular weight excluding hydrogens is 424 g/mol. The van der Waals surface area contributed by atoms with Crippen molar-refractivity contribution in [1.82, 2.24) is 14.1 Å². The van der Waals surface area contributed by atoms with Crippen LogP contribution in [0.4, 0.5) is 5.69 Å². The van der Waals surface area contributed by atoms with E-state index in [1.165, 1.54) is 15.9 Å². The molecule has 0 atom stereocenters. The molecule has 0 bridgehead atoms. The Balaban J connectivity index is 1.84. The van der Waals surface area contributed by atoms with E-state index in [9.17, 15) is 13.2 Å². The fourth-order valence-corrected chi connectivity index (χ4v) is 5.19. The average molecular weight is 455 g/mol. The molecule has 32 heavy (non-hydrogen) atoms. The highest BCUT2D eigenvalue weighted by Crippen LogP contribution is 2.22. The number of nitrogens with zero attached hydrogens (tertiary/aromatic N) is 3. The number of nitrogens with one attached hydrogen (secondary N) is 1. The van der Waals surface area contributed by atoms with Gasteiger partial charge in [0.1, 0.15) is 0 Å². The first kappa shape index (κ1) is 23.7. The highest BCUT2D eigenvalue weighted by Gasteiger charge is 2.23. The summed E-state index contributed by atoms with van der Waals surface area (Å²) in [7, 11) is -3.61. The summed E-state index contributed by atoms with van der Waals surface area (Å²) in [6, 6.07) is 14.5. The molecule has 0 aliphatic rings. The molecule has 3 rings (SSSR count). The van der Waals surface area contributed by atoms with Gasteiger partial charge in [0, 0.05) is 24.5 Å². The van der Waals surface area contributed by atoms with Crippen LogP contribution < -0.4 is 5.32 Å².